The molecule has 0 unspecified atom stereocenters. The topological polar surface area (TPSA) is 91.8 Å². The number of ether oxygens (including phenoxy) is 4. The normalized spacial score (nSPS) is 19.6. The Hall–Kier alpha value is -3.39. The Morgan fingerprint density at radius 3 is 2.68 bits per heavy atom. The van der Waals surface area contributed by atoms with Crippen LogP contribution in [0.4, 0.5) is 0 Å². The molecule has 1 saturated carbocycles. The number of carbonyl (C=O) groups excluding carboxylic acids is 1. The number of carbonyl (C=O) groups is 1. The predicted octanol–water partition coefficient (Wildman–Crippen LogP) is 3.92. The average molecular weight is 464 g/mol. The van der Waals surface area contributed by atoms with E-state index < -0.39 is 0 Å². The molecule has 1 aliphatic heterocycles. The molecule has 3 aromatic rings. The minimum atomic E-state index is -0.363. The Balaban J connectivity index is 1.07. The van der Waals surface area contributed by atoms with Gasteiger partial charge in [0.1, 0.15) is 13.2 Å². The molecule has 0 spiro atoms. The highest BCUT2D eigenvalue weighted by molar-refractivity contribution is 5.92. The van der Waals surface area contributed by atoms with Gasteiger partial charge in [0.05, 0.1) is 30.3 Å². The van der Waals surface area contributed by atoms with Crippen LogP contribution >= 0.6 is 0 Å². The van der Waals surface area contributed by atoms with Gasteiger partial charge in [-0.2, -0.15) is 0 Å². The van der Waals surface area contributed by atoms with E-state index in [0.29, 0.717) is 54.3 Å². The first kappa shape index (κ1) is 22.4. The summed E-state index contributed by atoms with van der Waals surface area (Å²) in [6.45, 7) is 2.43. The van der Waals surface area contributed by atoms with Crippen LogP contribution in [0.5, 0.6) is 17.4 Å². The van der Waals surface area contributed by atoms with Crippen molar-refractivity contribution >= 4 is 17.0 Å². The molecule has 1 N–H and O–H groups in total. The van der Waals surface area contributed by atoms with Crippen LogP contribution < -0.4 is 19.5 Å². The molecule has 8 nitrogen and oxygen atoms in total. The van der Waals surface area contributed by atoms with Gasteiger partial charge in [-0.3, -0.25) is 4.98 Å². The molecule has 0 amide bonds. The van der Waals surface area contributed by atoms with Gasteiger partial charge in [0.2, 0.25) is 5.88 Å². The van der Waals surface area contributed by atoms with Gasteiger partial charge in [0.15, 0.2) is 11.5 Å². The molecule has 2 aliphatic rings. The van der Waals surface area contributed by atoms with Crippen LogP contribution in [0.1, 0.15) is 41.6 Å². The van der Waals surface area contributed by atoms with Gasteiger partial charge in [0, 0.05) is 24.8 Å². The molecular formula is C26H29N3O5. The monoisotopic (exact) mass is 463 g/mol. The van der Waals surface area contributed by atoms with Gasteiger partial charge in [0.25, 0.3) is 0 Å². The second-order valence-electron chi connectivity index (χ2n) is 8.79. The van der Waals surface area contributed by atoms with E-state index in [-0.39, 0.29) is 5.97 Å². The highest BCUT2D eigenvalue weighted by Crippen LogP contribution is 2.31. The molecule has 1 fully saturated rings. The number of esters is 1. The van der Waals surface area contributed by atoms with Crippen LogP contribution in [0.2, 0.25) is 0 Å². The molecule has 0 atom stereocenters. The molecule has 1 aliphatic carbocycles. The van der Waals surface area contributed by atoms with Gasteiger partial charge >= 0.3 is 5.97 Å². The van der Waals surface area contributed by atoms with Crippen LogP contribution in [0.3, 0.4) is 0 Å². The van der Waals surface area contributed by atoms with Crippen molar-refractivity contribution in [3.8, 4) is 17.4 Å². The SMILES string of the molecule is COc1ccc2ncc(C(=O)OCC3CCC(NCc4ccc5c(c4)OCCO5)CC3)cc2n1. The number of fused-ring (bicyclic) bond motifs is 2. The van der Waals surface area contributed by atoms with E-state index in [1.54, 1.807) is 19.2 Å². The van der Waals surface area contributed by atoms with E-state index in [4.69, 9.17) is 18.9 Å². The van der Waals surface area contributed by atoms with E-state index >= 15 is 0 Å². The molecule has 0 saturated heterocycles. The fourth-order valence-corrected chi connectivity index (χ4v) is 4.48. The highest BCUT2D eigenvalue weighted by Gasteiger charge is 2.23. The summed E-state index contributed by atoms with van der Waals surface area (Å²) in [6, 6.07) is 11.8. The lowest BCUT2D eigenvalue weighted by molar-refractivity contribution is 0.0401. The lowest BCUT2D eigenvalue weighted by Gasteiger charge is -2.29. The summed E-state index contributed by atoms with van der Waals surface area (Å²) in [4.78, 5) is 21.2. The number of hydrogen-bond donors (Lipinski definition) is 1. The maximum atomic E-state index is 12.6. The molecule has 0 bridgehead atoms. The third-order valence-electron chi connectivity index (χ3n) is 6.45. The summed E-state index contributed by atoms with van der Waals surface area (Å²) in [7, 11) is 1.56. The van der Waals surface area contributed by atoms with Gasteiger partial charge in [-0.15, -0.1) is 0 Å². The number of nitrogens with zero attached hydrogens (tertiary/aromatic N) is 2. The van der Waals surface area contributed by atoms with Gasteiger partial charge in [-0.1, -0.05) is 6.07 Å². The van der Waals surface area contributed by atoms with Crippen molar-refractivity contribution in [3.63, 3.8) is 0 Å². The predicted molar refractivity (Wildman–Crippen MR) is 126 cm³/mol. The Labute approximate surface area is 198 Å². The summed E-state index contributed by atoms with van der Waals surface area (Å²) >= 11 is 0. The van der Waals surface area contributed by atoms with Gasteiger partial charge in [-0.25, -0.2) is 9.78 Å². The van der Waals surface area contributed by atoms with Crippen LogP contribution in [0.25, 0.3) is 11.0 Å². The van der Waals surface area contributed by atoms with Crippen molar-refractivity contribution in [2.45, 2.75) is 38.3 Å². The van der Waals surface area contributed by atoms with Crippen molar-refractivity contribution < 1.29 is 23.7 Å². The minimum Gasteiger partial charge on any atom is -0.486 e. The Morgan fingerprint density at radius 1 is 1.03 bits per heavy atom. The fourth-order valence-electron chi connectivity index (χ4n) is 4.48. The molecule has 5 rings (SSSR count). The summed E-state index contributed by atoms with van der Waals surface area (Å²) in [5.74, 6) is 2.15. The maximum Gasteiger partial charge on any atom is 0.339 e. The van der Waals surface area contributed by atoms with Crippen LogP contribution in [0.15, 0.2) is 42.6 Å². The zero-order chi connectivity index (χ0) is 23.3. The van der Waals surface area contributed by atoms with Crippen molar-refractivity contribution in [1.82, 2.24) is 15.3 Å². The van der Waals surface area contributed by atoms with E-state index in [2.05, 4.69) is 27.4 Å². The standard InChI is InChI=1S/C26H29N3O5/c1-31-25-9-7-21-22(29-25)13-19(15-28-21)26(30)34-16-17-2-5-20(6-3-17)27-14-18-4-8-23-24(12-18)33-11-10-32-23/h4,7-9,12-13,15,17,20,27H,2-3,5-6,10-11,14,16H2,1H3. The third kappa shape index (κ3) is 5.22. The summed E-state index contributed by atoms with van der Waals surface area (Å²) < 4.78 is 22.0. The lowest BCUT2D eigenvalue weighted by Crippen LogP contribution is -2.34. The Bertz CT molecular complexity index is 1160. The molecule has 2 aromatic heterocycles. The van der Waals surface area contributed by atoms with E-state index in [9.17, 15) is 4.79 Å². The second-order valence-corrected chi connectivity index (χ2v) is 8.79. The largest absolute Gasteiger partial charge is 0.486 e. The number of rotatable bonds is 7. The molecule has 178 valence electrons. The lowest BCUT2D eigenvalue weighted by atomic mass is 9.86. The fraction of sp³-hybridized carbons (Fsp3) is 0.423. The zero-order valence-electron chi connectivity index (χ0n) is 19.3. The number of methoxy groups -OCH3 is 1. The van der Waals surface area contributed by atoms with Gasteiger partial charge in [-0.05, 0) is 61.4 Å². The zero-order valence-corrected chi connectivity index (χ0v) is 19.3. The van der Waals surface area contributed by atoms with Crippen molar-refractivity contribution in [2.24, 2.45) is 5.92 Å². The molecule has 8 heteroatoms. The van der Waals surface area contributed by atoms with Crippen LogP contribution in [0, 0.1) is 5.92 Å². The Morgan fingerprint density at radius 2 is 1.85 bits per heavy atom. The average Bonchev–Trinajstić information content (AvgIpc) is 2.90. The van der Waals surface area contributed by atoms with Gasteiger partial charge < -0.3 is 24.3 Å². The minimum absolute atomic E-state index is 0.363. The number of benzene rings is 1. The maximum absolute atomic E-state index is 12.6. The molecular weight excluding hydrogens is 434 g/mol. The number of pyridine rings is 2. The first-order valence-corrected chi connectivity index (χ1v) is 11.8. The number of nitrogens with one attached hydrogen (secondary N) is 1. The Kier molecular flexibility index (Phi) is 6.76. The molecule has 3 heterocycles. The summed E-state index contributed by atoms with van der Waals surface area (Å²) in [5.41, 5.74) is 2.91. The number of aromatic nitrogens is 2. The third-order valence-corrected chi connectivity index (χ3v) is 6.45. The van der Waals surface area contributed by atoms with Crippen molar-refractivity contribution in [3.05, 3.63) is 53.7 Å². The van der Waals surface area contributed by atoms with Crippen LogP contribution in [-0.4, -0.2) is 48.9 Å². The molecule has 0 radical (unpaired) electrons. The quantitative estimate of drug-likeness (QED) is 0.527. The summed E-state index contributed by atoms with van der Waals surface area (Å²) in [6.07, 6.45) is 5.72. The smallest absolute Gasteiger partial charge is 0.339 e. The first-order chi connectivity index (χ1) is 16.7. The van der Waals surface area contributed by atoms with E-state index in [1.807, 2.05) is 12.1 Å². The number of hydrogen-bond acceptors (Lipinski definition) is 8. The highest BCUT2D eigenvalue weighted by atomic mass is 16.6. The molecule has 34 heavy (non-hydrogen) atoms. The van der Waals surface area contributed by atoms with E-state index in [0.717, 1.165) is 43.7 Å². The first-order valence-electron chi connectivity index (χ1n) is 11.8. The summed E-state index contributed by atoms with van der Waals surface area (Å²) in [5, 5.41) is 3.65. The van der Waals surface area contributed by atoms with Crippen molar-refractivity contribution in [1.29, 1.82) is 0 Å². The van der Waals surface area contributed by atoms with E-state index in [1.165, 1.54) is 11.8 Å². The van der Waals surface area contributed by atoms with Crippen molar-refractivity contribution in [2.75, 3.05) is 26.9 Å². The van der Waals surface area contributed by atoms with Crippen LogP contribution in [-0.2, 0) is 11.3 Å². The molecule has 1 aromatic carbocycles. The second kappa shape index (κ2) is 10.3.